The van der Waals surface area contributed by atoms with Crippen molar-refractivity contribution in [3.05, 3.63) is 81.4 Å². The maximum Gasteiger partial charge on any atom is 0.281 e. The van der Waals surface area contributed by atoms with Crippen molar-refractivity contribution in [1.82, 2.24) is 29.3 Å². The lowest BCUT2D eigenvalue weighted by Gasteiger charge is -2.30. The number of piperidine rings is 1. The van der Waals surface area contributed by atoms with Crippen molar-refractivity contribution in [2.75, 3.05) is 13.1 Å². The molecule has 1 aliphatic rings. The van der Waals surface area contributed by atoms with Crippen LogP contribution in [0.1, 0.15) is 41.3 Å². The summed E-state index contributed by atoms with van der Waals surface area (Å²) in [6.07, 6.45) is 0.976. The summed E-state index contributed by atoms with van der Waals surface area (Å²) < 4.78 is 29.2. The summed E-state index contributed by atoms with van der Waals surface area (Å²) in [4.78, 5) is 20.2. The second-order valence-electron chi connectivity index (χ2n) is 8.64. The Morgan fingerprint density at radius 2 is 1.83 bits per heavy atom. The van der Waals surface area contributed by atoms with Crippen molar-refractivity contribution in [1.29, 1.82) is 5.26 Å². The molecule has 3 heterocycles. The van der Waals surface area contributed by atoms with E-state index in [4.69, 9.17) is 0 Å². The van der Waals surface area contributed by atoms with Crippen molar-refractivity contribution in [2.45, 2.75) is 37.1 Å². The average molecular weight is 490 g/mol. The second kappa shape index (κ2) is 9.05. The van der Waals surface area contributed by atoms with Gasteiger partial charge in [0.25, 0.3) is 5.56 Å². The van der Waals surface area contributed by atoms with Gasteiger partial charge in [-0.1, -0.05) is 47.2 Å². The van der Waals surface area contributed by atoms with Gasteiger partial charge < -0.3 is 4.98 Å². The molecule has 1 fully saturated rings. The van der Waals surface area contributed by atoms with Crippen LogP contribution in [0, 0.1) is 18.3 Å². The van der Waals surface area contributed by atoms with Crippen LogP contribution in [0.15, 0.2) is 58.2 Å². The molecule has 0 atom stereocenters. The second-order valence-corrected chi connectivity index (χ2v) is 10.5. The normalized spacial score (nSPS) is 15.3. The van der Waals surface area contributed by atoms with E-state index in [1.54, 1.807) is 16.8 Å². The van der Waals surface area contributed by atoms with Gasteiger partial charge in [-0.3, -0.25) is 4.79 Å². The number of nitriles is 1. The highest BCUT2D eigenvalue weighted by Gasteiger charge is 2.32. The molecule has 10 nitrogen and oxygen atoms in total. The van der Waals surface area contributed by atoms with Crippen molar-refractivity contribution in [3.63, 3.8) is 0 Å². The van der Waals surface area contributed by atoms with Gasteiger partial charge in [0.2, 0.25) is 10.0 Å². The molecule has 1 N–H and O–H groups in total. The predicted molar refractivity (Wildman–Crippen MR) is 128 cm³/mol. The number of benzene rings is 2. The van der Waals surface area contributed by atoms with E-state index in [0.29, 0.717) is 30.9 Å². The lowest BCUT2D eigenvalue weighted by molar-refractivity contribution is 0.313. The minimum Gasteiger partial charge on any atom is -0.308 e. The van der Waals surface area contributed by atoms with Crippen LogP contribution in [0.4, 0.5) is 0 Å². The van der Waals surface area contributed by atoms with Crippen molar-refractivity contribution in [2.24, 2.45) is 0 Å². The molecule has 0 unspecified atom stereocenters. The number of aromatic amines is 1. The van der Waals surface area contributed by atoms with Gasteiger partial charge in [0.1, 0.15) is 11.9 Å². The minimum absolute atomic E-state index is 0.0139. The van der Waals surface area contributed by atoms with E-state index in [1.165, 1.54) is 16.4 Å². The minimum atomic E-state index is -3.79. The zero-order valence-electron chi connectivity index (χ0n) is 19.0. The first-order valence-corrected chi connectivity index (χ1v) is 12.7. The first-order valence-electron chi connectivity index (χ1n) is 11.2. The third-order valence-corrected chi connectivity index (χ3v) is 8.27. The molecule has 11 heteroatoms. The molecule has 0 spiro atoms. The number of rotatable bonds is 5. The Kier molecular flexibility index (Phi) is 5.92. The van der Waals surface area contributed by atoms with Crippen molar-refractivity contribution in [3.8, 4) is 6.07 Å². The van der Waals surface area contributed by atoms with Gasteiger partial charge >= 0.3 is 0 Å². The number of hydrogen-bond donors (Lipinski definition) is 1. The largest absolute Gasteiger partial charge is 0.308 e. The fourth-order valence-electron chi connectivity index (χ4n) is 4.34. The Labute approximate surface area is 201 Å². The number of fused-ring (bicyclic) bond motifs is 1. The van der Waals surface area contributed by atoms with E-state index >= 15 is 0 Å². The van der Waals surface area contributed by atoms with E-state index in [2.05, 4.69) is 20.3 Å². The summed E-state index contributed by atoms with van der Waals surface area (Å²) in [5.41, 5.74) is 2.51. The molecule has 4 aromatic rings. The number of hydrogen-bond acceptors (Lipinski definition) is 7. The predicted octanol–water partition coefficient (Wildman–Crippen LogP) is 2.31. The van der Waals surface area contributed by atoms with Crippen molar-refractivity contribution < 1.29 is 8.42 Å². The maximum atomic E-state index is 13.1. The molecule has 0 aliphatic carbocycles. The molecule has 35 heavy (non-hydrogen) atoms. The lowest BCUT2D eigenvalue weighted by atomic mass is 9.97. The molecule has 0 amide bonds. The highest BCUT2D eigenvalue weighted by Crippen LogP contribution is 2.30. The van der Waals surface area contributed by atoms with Crippen LogP contribution >= 0.6 is 0 Å². The van der Waals surface area contributed by atoms with E-state index in [-0.39, 0.29) is 40.5 Å². The van der Waals surface area contributed by atoms with Crippen LogP contribution in [-0.2, 0) is 16.6 Å². The van der Waals surface area contributed by atoms with Crippen LogP contribution in [0.25, 0.3) is 11.2 Å². The molecule has 2 aromatic heterocycles. The number of H-pyrrole nitrogens is 1. The molecule has 1 aliphatic heterocycles. The molecule has 2 aromatic carbocycles. The van der Waals surface area contributed by atoms with Gasteiger partial charge in [-0.15, -0.1) is 5.10 Å². The molecule has 178 valence electrons. The van der Waals surface area contributed by atoms with Gasteiger partial charge in [-0.2, -0.15) is 9.57 Å². The number of sulfonamides is 1. The highest BCUT2D eigenvalue weighted by molar-refractivity contribution is 7.89. The number of aryl methyl sites for hydroxylation is 1. The van der Waals surface area contributed by atoms with E-state index in [9.17, 15) is 18.5 Å². The summed E-state index contributed by atoms with van der Waals surface area (Å²) in [6, 6.07) is 16.2. The zero-order chi connectivity index (χ0) is 24.6. The number of nitrogens with zero attached hydrogens (tertiary/aromatic N) is 6. The van der Waals surface area contributed by atoms with Crippen LogP contribution in [0.5, 0.6) is 0 Å². The van der Waals surface area contributed by atoms with Crippen LogP contribution in [0.3, 0.4) is 0 Å². The fraction of sp³-hybridized carbons (Fsp3) is 0.292. The summed E-state index contributed by atoms with van der Waals surface area (Å²) >= 11 is 0. The van der Waals surface area contributed by atoms with Crippen LogP contribution < -0.4 is 5.56 Å². The molecule has 0 saturated carbocycles. The van der Waals surface area contributed by atoms with Crippen LogP contribution in [-0.4, -0.2) is 50.8 Å². The van der Waals surface area contributed by atoms with Gasteiger partial charge in [-0.05, 0) is 37.5 Å². The molecule has 0 bridgehead atoms. The molecule has 0 radical (unpaired) electrons. The zero-order valence-corrected chi connectivity index (χ0v) is 19.9. The standard InChI is InChI=1S/C24H23N7O3S/c1-16-6-8-17(9-7-16)15-31-23-21(28-29-31)24(32)27-22(26-23)18-10-12-30(13-11-18)35(33,34)20-5-3-2-4-19(20)14-25/h2-9,18H,10-13,15H2,1H3,(H,26,27,32). The lowest BCUT2D eigenvalue weighted by Crippen LogP contribution is -2.38. The summed E-state index contributed by atoms with van der Waals surface area (Å²) in [6.45, 7) is 2.97. The Bertz CT molecular complexity index is 1590. The molecular formula is C24H23N7O3S. The van der Waals surface area contributed by atoms with Gasteiger partial charge in [0.05, 0.1) is 17.0 Å². The first-order chi connectivity index (χ1) is 16.9. The fourth-order valence-corrected chi connectivity index (χ4v) is 5.95. The van der Waals surface area contributed by atoms with Gasteiger partial charge in [-0.25, -0.2) is 18.1 Å². The monoisotopic (exact) mass is 489 g/mol. The average Bonchev–Trinajstić information content (AvgIpc) is 3.28. The Hall–Kier alpha value is -3.88. The first kappa shape index (κ1) is 22.9. The Balaban J connectivity index is 1.38. The topological polar surface area (TPSA) is 138 Å². The number of aromatic nitrogens is 5. The maximum absolute atomic E-state index is 13.1. The number of nitrogens with one attached hydrogen (secondary N) is 1. The Morgan fingerprint density at radius 1 is 1.11 bits per heavy atom. The van der Waals surface area contributed by atoms with E-state index in [0.717, 1.165) is 11.1 Å². The summed E-state index contributed by atoms with van der Waals surface area (Å²) in [5.74, 6) is 0.386. The van der Waals surface area contributed by atoms with Gasteiger partial charge in [0.15, 0.2) is 11.2 Å². The summed E-state index contributed by atoms with van der Waals surface area (Å²) in [5, 5.41) is 17.4. The molecular weight excluding hydrogens is 466 g/mol. The smallest absolute Gasteiger partial charge is 0.281 e. The van der Waals surface area contributed by atoms with Crippen molar-refractivity contribution >= 4 is 21.2 Å². The highest BCUT2D eigenvalue weighted by atomic mass is 32.2. The van der Waals surface area contributed by atoms with Gasteiger partial charge in [0, 0.05) is 19.0 Å². The molecule has 5 rings (SSSR count). The van der Waals surface area contributed by atoms with Crippen LogP contribution in [0.2, 0.25) is 0 Å². The SMILES string of the molecule is Cc1ccc(Cn2nnc3c(=O)[nH]c(C4CCN(S(=O)(=O)c5ccccc5C#N)CC4)nc32)cc1. The third kappa shape index (κ3) is 4.34. The quantitative estimate of drug-likeness (QED) is 0.454. The summed E-state index contributed by atoms with van der Waals surface area (Å²) in [7, 11) is -3.79. The molecule has 1 saturated heterocycles. The third-order valence-electron chi connectivity index (χ3n) is 6.31. The van der Waals surface area contributed by atoms with E-state index in [1.807, 2.05) is 37.3 Å². The Morgan fingerprint density at radius 3 is 2.54 bits per heavy atom. The van der Waals surface area contributed by atoms with E-state index < -0.39 is 10.0 Å².